The Labute approximate surface area is 124 Å². The van der Waals surface area contributed by atoms with E-state index < -0.39 is 18.0 Å². The molecule has 0 aromatic carbocycles. The summed E-state index contributed by atoms with van der Waals surface area (Å²) in [6.45, 7) is 8.65. The van der Waals surface area contributed by atoms with Crippen molar-refractivity contribution in [3.05, 3.63) is 12.2 Å². The van der Waals surface area contributed by atoms with Gasteiger partial charge in [-0.25, -0.2) is 9.59 Å². The Bertz CT molecular complexity index is 344. The second-order valence-electron chi connectivity index (χ2n) is 4.95. The normalized spacial score (nSPS) is 12.8. The van der Waals surface area contributed by atoms with Crippen molar-refractivity contribution >= 4 is 18.2 Å². The fourth-order valence-corrected chi connectivity index (χ4v) is 0.829. The Morgan fingerprint density at radius 1 is 1.24 bits per heavy atom. The summed E-state index contributed by atoms with van der Waals surface area (Å²) in [6.07, 6.45) is 2.15. The summed E-state index contributed by atoms with van der Waals surface area (Å²) in [4.78, 5) is 23.9. The maximum Gasteiger partial charge on any atom is 0.328 e. The number of aliphatic hydroxyl groups excluding tert-OH is 1. The van der Waals surface area contributed by atoms with Crippen LogP contribution in [0.5, 0.6) is 0 Å². The third-order valence-electron chi connectivity index (χ3n) is 1.68. The van der Waals surface area contributed by atoms with Crippen molar-refractivity contribution in [2.24, 2.45) is 5.16 Å². The van der Waals surface area contributed by atoms with Crippen molar-refractivity contribution in [2.75, 3.05) is 13.2 Å². The first-order chi connectivity index (χ1) is 9.58. The number of hydrogen-bond donors (Lipinski definition) is 4. The molecule has 4 N–H and O–H groups in total. The molecule has 8 heteroatoms. The molecular weight excluding hydrogens is 280 g/mol. The van der Waals surface area contributed by atoms with Gasteiger partial charge in [-0.15, -0.1) is 0 Å². The predicted octanol–water partition coefficient (Wildman–Crippen LogP) is 0.470. The van der Waals surface area contributed by atoms with Gasteiger partial charge in [-0.1, -0.05) is 5.16 Å². The van der Waals surface area contributed by atoms with Gasteiger partial charge in [0.05, 0.1) is 0 Å². The third-order valence-corrected chi connectivity index (χ3v) is 1.68. The molecule has 21 heavy (non-hydrogen) atoms. The van der Waals surface area contributed by atoms with Crippen LogP contribution in [0.2, 0.25) is 0 Å². The van der Waals surface area contributed by atoms with Crippen molar-refractivity contribution in [1.82, 2.24) is 5.32 Å². The van der Waals surface area contributed by atoms with Gasteiger partial charge in [0, 0.05) is 30.5 Å². The number of rotatable bonds is 7. The van der Waals surface area contributed by atoms with E-state index in [-0.39, 0.29) is 12.1 Å². The minimum atomic E-state index is -1.26. The minimum Gasteiger partial charge on any atom is -0.478 e. The maximum absolute atomic E-state index is 9.55. The van der Waals surface area contributed by atoms with E-state index in [1.54, 1.807) is 13.1 Å². The van der Waals surface area contributed by atoms with E-state index in [0.29, 0.717) is 18.7 Å². The lowest BCUT2D eigenvalue weighted by molar-refractivity contribution is -0.134. The second kappa shape index (κ2) is 11.9. The molecule has 1 unspecified atom stereocenters. The summed E-state index contributed by atoms with van der Waals surface area (Å²) in [5.74, 6) is -2.51. The summed E-state index contributed by atoms with van der Waals surface area (Å²) in [5.41, 5.74) is 0.0228. The summed E-state index contributed by atoms with van der Waals surface area (Å²) in [5, 5.41) is 31.7. The molecule has 1 atom stereocenters. The number of carboxylic acids is 2. The predicted molar refractivity (Wildman–Crippen MR) is 78.3 cm³/mol. The van der Waals surface area contributed by atoms with Crippen LogP contribution < -0.4 is 5.32 Å². The van der Waals surface area contributed by atoms with Crippen molar-refractivity contribution in [3.63, 3.8) is 0 Å². The zero-order valence-electron chi connectivity index (χ0n) is 12.7. The Morgan fingerprint density at radius 2 is 1.71 bits per heavy atom. The topological polar surface area (TPSA) is 128 Å². The highest BCUT2D eigenvalue weighted by atomic mass is 16.6. The first-order valence-corrected chi connectivity index (χ1v) is 6.25. The third kappa shape index (κ3) is 23.6. The fraction of sp³-hybridized carbons (Fsp3) is 0.615. The first-order valence-electron chi connectivity index (χ1n) is 6.25. The molecule has 0 aliphatic rings. The highest BCUT2D eigenvalue weighted by molar-refractivity contribution is 5.89. The van der Waals surface area contributed by atoms with Gasteiger partial charge >= 0.3 is 11.9 Å². The molecular formula is C13H24N2O6. The lowest BCUT2D eigenvalue weighted by Gasteiger charge is -2.22. The molecule has 8 nitrogen and oxygen atoms in total. The molecule has 0 aromatic rings. The fourth-order valence-electron chi connectivity index (χ4n) is 0.829. The first kappa shape index (κ1) is 21.4. The molecule has 0 saturated carbocycles. The minimum absolute atomic E-state index is 0.0228. The van der Waals surface area contributed by atoms with Gasteiger partial charge in [0.2, 0.25) is 0 Å². The number of aliphatic carboxylic acids is 2. The number of oxime groups is 1. The van der Waals surface area contributed by atoms with E-state index in [2.05, 4.69) is 10.5 Å². The summed E-state index contributed by atoms with van der Waals surface area (Å²) in [6, 6.07) is 0. The van der Waals surface area contributed by atoms with Gasteiger partial charge in [-0.05, 0) is 27.7 Å². The Morgan fingerprint density at radius 3 is 2.05 bits per heavy atom. The molecule has 0 radical (unpaired) electrons. The Balaban J connectivity index is 0. The molecule has 0 fully saturated rings. The van der Waals surface area contributed by atoms with Crippen molar-refractivity contribution in [2.45, 2.75) is 39.3 Å². The number of β-amino-alcohol motifs (C(OH)–C–C–N with tert-alkyl or cyclic N) is 1. The van der Waals surface area contributed by atoms with Crippen LogP contribution in [0, 0.1) is 0 Å². The number of carbonyl (C=O) groups is 2. The van der Waals surface area contributed by atoms with Crippen molar-refractivity contribution < 1.29 is 29.7 Å². The lowest BCUT2D eigenvalue weighted by atomic mass is 10.1. The zero-order chi connectivity index (χ0) is 16.9. The smallest absolute Gasteiger partial charge is 0.328 e. The molecule has 0 aromatic heterocycles. The van der Waals surface area contributed by atoms with Crippen LogP contribution >= 0.6 is 0 Å². The van der Waals surface area contributed by atoms with Gasteiger partial charge in [-0.2, -0.15) is 0 Å². The van der Waals surface area contributed by atoms with E-state index in [4.69, 9.17) is 15.1 Å². The molecule has 0 bridgehead atoms. The Hall–Kier alpha value is -1.93. The lowest BCUT2D eigenvalue weighted by Crippen LogP contribution is -2.42. The molecule has 0 amide bonds. The molecule has 0 aliphatic carbocycles. The van der Waals surface area contributed by atoms with Gasteiger partial charge < -0.3 is 25.5 Å². The highest BCUT2D eigenvalue weighted by Crippen LogP contribution is 1.98. The molecule has 0 saturated heterocycles. The standard InChI is InChI=1S/C9H20N2O2.C4H4O4/c1-5-11-13-7-8(12)6-10-9(2,3)4;5-3(6)1-2-4(7)8/h5,8,10,12H,6-7H2,1-4H3;1-2H,(H,5,6)(H,7,8)/b11-5+;2-1+. The molecule has 0 heterocycles. The van der Waals surface area contributed by atoms with Crippen LogP contribution in [0.1, 0.15) is 27.7 Å². The van der Waals surface area contributed by atoms with E-state index in [9.17, 15) is 14.7 Å². The van der Waals surface area contributed by atoms with Crippen LogP contribution in [0.4, 0.5) is 0 Å². The average molecular weight is 304 g/mol. The molecule has 0 aliphatic heterocycles. The van der Waals surface area contributed by atoms with Crippen LogP contribution in [0.25, 0.3) is 0 Å². The van der Waals surface area contributed by atoms with Crippen LogP contribution in [-0.2, 0) is 14.4 Å². The second-order valence-corrected chi connectivity index (χ2v) is 4.95. The summed E-state index contributed by atoms with van der Waals surface area (Å²) < 4.78 is 0. The van der Waals surface area contributed by atoms with E-state index >= 15 is 0 Å². The number of carboxylic acid groups (broad SMARTS) is 2. The molecule has 0 rings (SSSR count). The average Bonchev–Trinajstić information content (AvgIpc) is 2.34. The van der Waals surface area contributed by atoms with E-state index in [1.165, 1.54) is 0 Å². The highest BCUT2D eigenvalue weighted by Gasteiger charge is 2.12. The maximum atomic E-state index is 9.55. The number of nitrogens with one attached hydrogen (secondary N) is 1. The number of aliphatic hydroxyl groups is 1. The monoisotopic (exact) mass is 304 g/mol. The summed E-state index contributed by atoms with van der Waals surface area (Å²) >= 11 is 0. The van der Waals surface area contributed by atoms with Crippen LogP contribution in [-0.4, -0.2) is 58.3 Å². The van der Waals surface area contributed by atoms with E-state index in [1.807, 2.05) is 20.8 Å². The molecule has 122 valence electrons. The van der Waals surface area contributed by atoms with Crippen molar-refractivity contribution in [1.29, 1.82) is 0 Å². The van der Waals surface area contributed by atoms with Gasteiger partial charge in [-0.3, -0.25) is 0 Å². The van der Waals surface area contributed by atoms with Gasteiger partial charge in [0.25, 0.3) is 0 Å². The Kier molecular flexibility index (Phi) is 12.1. The SMILES string of the molecule is C/C=N/OCC(O)CNC(C)(C)C.O=C(O)/C=C/C(=O)O. The van der Waals surface area contributed by atoms with Gasteiger partial charge in [0.15, 0.2) is 0 Å². The quantitative estimate of drug-likeness (QED) is 0.306. The molecule has 0 spiro atoms. The number of nitrogens with zero attached hydrogens (tertiary/aromatic N) is 1. The number of hydrogen-bond acceptors (Lipinski definition) is 6. The summed E-state index contributed by atoms with van der Waals surface area (Å²) in [7, 11) is 0. The van der Waals surface area contributed by atoms with Crippen LogP contribution in [0.15, 0.2) is 17.3 Å². The van der Waals surface area contributed by atoms with E-state index in [0.717, 1.165) is 0 Å². The zero-order valence-corrected chi connectivity index (χ0v) is 12.7. The largest absolute Gasteiger partial charge is 0.478 e. The van der Waals surface area contributed by atoms with Gasteiger partial charge in [0.1, 0.15) is 12.7 Å². The van der Waals surface area contributed by atoms with Crippen LogP contribution in [0.3, 0.4) is 0 Å². The van der Waals surface area contributed by atoms with Crippen molar-refractivity contribution in [3.8, 4) is 0 Å².